The minimum Gasteiger partial charge on any atom is -0.490 e. The molecule has 0 saturated carbocycles. The summed E-state index contributed by atoms with van der Waals surface area (Å²) < 4.78 is 12.6. The minimum absolute atomic E-state index is 0.132. The van der Waals surface area contributed by atoms with Gasteiger partial charge in [0.05, 0.1) is 13.2 Å². The molecule has 2 rings (SSSR count). The largest absolute Gasteiger partial charge is 0.490 e. The molecule has 1 heterocycles. The molecule has 0 radical (unpaired) electrons. The molecule has 1 aromatic carbocycles. The van der Waals surface area contributed by atoms with Gasteiger partial charge >= 0.3 is 0 Å². The predicted octanol–water partition coefficient (Wildman–Crippen LogP) is 2.20. The topological polar surface area (TPSA) is 64.2 Å². The van der Waals surface area contributed by atoms with E-state index in [0.717, 1.165) is 0 Å². The van der Waals surface area contributed by atoms with Gasteiger partial charge in [0.25, 0.3) is 5.56 Å². The third kappa shape index (κ3) is 3.63. The number of nitriles is 1. The zero-order valence-electron chi connectivity index (χ0n) is 11.8. The van der Waals surface area contributed by atoms with Crippen LogP contribution < -0.4 is 15.0 Å². The standard InChI is InChI=1S/C16H16N2O3/c1-2-20-14-7-3-4-8-15(14)21-11-10-18-9-5-6-13(12-17)16(18)19/h3-9H,2,10-11H2,1H3. The summed E-state index contributed by atoms with van der Waals surface area (Å²) in [5, 5.41) is 8.83. The van der Waals surface area contributed by atoms with Crippen LogP contribution in [0.3, 0.4) is 0 Å². The fraction of sp³-hybridized carbons (Fsp3) is 0.250. The lowest BCUT2D eigenvalue weighted by atomic mass is 10.3. The zero-order valence-corrected chi connectivity index (χ0v) is 11.8. The molecular formula is C16H16N2O3. The second-order valence-electron chi connectivity index (χ2n) is 4.26. The molecule has 21 heavy (non-hydrogen) atoms. The lowest BCUT2D eigenvalue weighted by molar-refractivity contribution is 0.265. The highest BCUT2D eigenvalue weighted by molar-refractivity contribution is 5.39. The van der Waals surface area contributed by atoms with Gasteiger partial charge < -0.3 is 14.0 Å². The van der Waals surface area contributed by atoms with Crippen molar-refractivity contribution in [1.82, 2.24) is 4.57 Å². The maximum absolute atomic E-state index is 11.9. The van der Waals surface area contributed by atoms with Gasteiger partial charge in [-0.25, -0.2) is 0 Å². The Hall–Kier alpha value is -2.74. The molecule has 5 heteroatoms. The molecule has 0 N–H and O–H groups in total. The number of rotatable bonds is 6. The maximum atomic E-state index is 11.9. The van der Waals surface area contributed by atoms with Crippen molar-refractivity contribution in [1.29, 1.82) is 5.26 Å². The van der Waals surface area contributed by atoms with E-state index in [9.17, 15) is 4.79 Å². The van der Waals surface area contributed by atoms with Gasteiger partial charge in [-0.05, 0) is 31.2 Å². The SMILES string of the molecule is CCOc1ccccc1OCCn1cccc(C#N)c1=O. The third-order valence-corrected chi connectivity index (χ3v) is 2.88. The lowest BCUT2D eigenvalue weighted by Gasteiger charge is -2.12. The first-order valence-corrected chi connectivity index (χ1v) is 6.70. The monoisotopic (exact) mass is 284 g/mol. The number of nitrogens with zero attached hydrogens (tertiary/aromatic N) is 2. The van der Waals surface area contributed by atoms with Crippen molar-refractivity contribution in [3.63, 3.8) is 0 Å². The van der Waals surface area contributed by atoms with E-state index in [1.54, 1.807) is 12.3 Å². The molecule has 0 spiro atoms. The van der Waals surface area contributed by atoms with Crippen LogP contribution in [0.25, 0.3) is 0 Å². The Morgan fingerprint density at radius 1 is 1.14 bits per heavy atom. The summed E-state index contributed by atoms with van der Waals surface area (Å²) >= 11 is 0. The Morgan fingerprint density at radius 3 is 2.52 bits per heavy atom. The Balaban J connectivity index is 2.03. The van der Waals surface area contributed by atoms with Crippen LogP contribution in [0.4, 0.5) is 0 Å². The summed E-state index contributed by atoms with van der Waals surface area (Å²) in [7, 11) is 0. The minimum atomic E-state index is -0.304. The fourth-order valence-electron chi connectivity index (χ4n) is 1.90. The van der Waals surface area contributed by atoms with Gasteiger partial charge in [0.1, 0.15) is 18.2 Å². The molecule has 0 atom stereocenters. The van der Waals surface area contributed by atoms with Crippen molar-refractivity contribution >= 4 is 0 Å². The Labute approximate surface area is 123 Å². The van der Waals surface area contributed by atoms with E-state index in [1.165, 1.54) is 10.6 Å². The lowest BCUT2D eigenvalue weighted by Crippen LogP contribution is -2.24. The van der Waals surface area contributed by atoms with Crippen LogP contribution in [0.1, 0.15) is 12.5 Å². The van der Waals surface area contributed by atoms with E-state index in [2.05, 4.69) is 0 Å². The van der Waals surface area contributed by atoms with Crippen LogP contribution in [0, 0.1) is 11.3 Å². The maximum Gasteiger partial charge on any atom is 0.268 e. The summed E-state index contributed by atoms with van der Waals surface area (Å²) in [6, 6.07) is 12.4. The quantitative estimate of drug-likeness (QED) is 0.815. The fourth-order valence-corrected chi connectivity index (χ4v) is 1.90. The number of ether oxygens (including phenoxy) is 2. The Morgan fingerprint density at radius 2 is 1.86 bits per heavy atom. The number of hydrogen-bond donors (Lipinski definition) is 0. The first kappa shape index (κ1) is 14.7. The average molecular weight is 284 g/mol. The van der Waals surface area contributed by atoms with E-state index in [0.29, 0.717) is 31.3 Å². The van der Waals surface area contributed by atoms with Crippen molar-refractivity contribution in [2.75, 3.05) is 13.2 Å². The van der Waals surface area contributed by atoms with Crippen LogP contribution in [0.2, 0.25) is 0 Å². The van der Waals surface area contributed by atoms with Gasteiger partial charge in [0.15, 0.2) is 11.5 Å². The van der Waals surface area contributed by atoms with Crippen molar-refractivity contribution in [2.24, 2.45) is 0 Å². The van der Waals surface area contributed by atoms with Gasteiger partial charge in [-0.2, -0.15) is 5.26 Å². The molecule has 0 aliphatic carbocycles. The smallest absolute Gasteiger partial charge is 0.268 e. The second-order valence-corrected chi connectivity index (χ2v) is 4.26. The van der Waals surface area contributed by atoms with Gasteiger partial charge in [0.2, 0.25) is 0 Å². The first-order chi connectivity index (χ1) is 10.3. The molecule has 2 aromatic rings. The summed E-state index contributed by atoms with van der Waals surface area (Å²) in [6.07, 6.45) is 1.64. The van der Waals surface area contributed by atoms with Crippen molar-refractivity contribution in [2.45, 2.75) is 13.5 Å². The molecule has 108 valence electrons. The molecule has 0 fully saturated rings. The number of hydrogen-bond acceptors (Lipinski definition) is 4. The van der Waals surface area contributed by atoms with Gasteiger partial charge in [-0.3, -0.25) is 4.79 Å². The van der Waals surface area contributed by atoms with Crippen molar-refractivity contribution in [3.8, 4) is 17.6 Å². The highest BCUT2D eigenvalue weighted by Gasteiger charge is 2.05. The highest BCUT2D eigenvalue weighted by atomic mass is 16.5. The van der Waals surface area contributed by atoms with Gasteiger partial charge in [-0.1, -0.05) is 12.1 Å². The molecule has 0 unspecified atom stereocenters. The van der Waals surface area contributed by atoms with E-state index < -0.39 is 0 Å². The molecule has 1 aromatic heterocycles. The van der Waals surface area contributed by atoms with E-state index in [1.807, 2.05) is 37.3 Å². The summed E-state index contributed by atoms with van der Waals surface area (Å²) in [5.74, 6) is 1.32. The molecular weight excluding hydrogens is 268 g/mol. The highest BCUT2D eigenvalue weighted by Crippen LogP contribution is 2.26. The van der Waals surface area contributed by atoms with Crippen LogP contribution in [0.15, 0.2) is 47.4 Å². The summed E-state index contributed by atoms with van der Waals surface area (Å²) in [4.78, 5) is 11.9. The van der Waals surface area contributed by atoms with Crippen LogP contribution >= 0.6 is 0 Å². The number of benzene rings is 1. The zero-order chi connectivity index (χ0) is 15.1. The normalized spacial score (nSPS) is 9.90. The van der Waals surface area contributed by atoms with Crippen LogP contribution in [0.5, 0.6) is 11.5 Å². The predicted molar refractivity (Wildman–Crippen MR) is 78.5 cm³/mol. The Kier molecular flexibility index (Phi) is 4.99. The van der Waals surface area contributed by atoms with Crippen molar-refractivity contribution < 1.29 is 9.47 Å². The van der Waals surface area contributed by atoms with E-state index in [4.69, 9.17) is 14.7 Å². The number of aromatic nitrogens is 1. The van der Waals surface area contributed by atoms with Gasteiger partial charge in [-0.15, -0.1) is 0 Å². The number of pyridine rings is 1. The summed E-state index contributed by atoms with van der Waals surface area (Å²) in [6.45, 7) is 3.15. The van der Waals surface area contributed by atoms with Crippen molar-refractivity contribution in [3.05, 3.63) is 58.5 Å². The molecule has 0 aliphatic heterocycles. The Bertz CT molecular complexity index is 701. The van der Waals surface area contributed by atoms with Crippen LogP contribution in [-0.4, -0.2) is 17.8 Å². The molecule has 0 amide bonds. The van der Waals surface area contributed by atoms with E-state index >= 15 is 0 Å². The second kappa shape index (κ2) is 7.15. The van der Waals surface area contributed by atoms with Gasteiger partial charge in [0, 0.05) is 6.20 Å². The molecule has 0 bridgehead atoms. The average Bonchev–Trinajstić information content (AvgIpc) is 2.51. The number of para-hydroxylation sites is 2. The summed E-state index contributed by atoms with van der Waals surface area (Å²) in [5.41, 5.74) is -0.172. The molecule has 0 saturated heterocycles. The van der Waals surface area contributed by atoms with Crippen LogP contribution in [-0.2, 0) is 6.54 Å². The molecule has 5 nitrogen and oxygen atoms in total. The third-order valence-electron chi connectivity index (χ3n) is 2.88. The molecule has 0 aliphatic rings. The first-order valence-electron chi connectivity index (χ1n) is 6.70. The van der Waals surface area contributed by atoms with E-state index in [-0.39, 0.29) is 11.1 Å².